The minimum absolute atomic E-state index is 0.119. The summed E-state index contributed by atoms with van der Waals surface area (Å²) in [6.07, 6.45) is -0.350. The van der Waals surface area contributed by atoms with Crippen LogP contribution in [0.3, 0.4) is 0 Å². The topological polar surface area (TPSA) is 30.7 Å². The first-order valence-electron chi connectivity index (χ1n) is 4.00. The lowest BCUT2D eigenvalue weighted by atomic mass is 10.1. The quantitative estimate of drug-likeness (QED) is 0.554. The lowest BCUT2D eigenvalue weighted by molar-refractivity contribution is -0.139. The predicted octanol–water partition coefficient (Wildman–Crippen LogP) is 2.23. The van der Waals surface area contributed by atoms with E-state index in [1.807, 2.05) is 0 Å². The van der Waals surface area contributed by atoms with E-state index in [0.717, 1.165) is 19.2 Å². The molecule has 0 saturated heterocycles. The number of ether oxygens (including phenoxy) is 1. The Labute approximate surface area is 85.1 Å². The molecule has 0 bridgehead atoms. The summed E-state index contributed by atoms with van der Waals surface area (Å²) >= 11 is 0. The summed E-state index contributed by atoms with van der Waals surface area (Å²) in [4.78, 5) is 13.6. The summed E-state index contributed by atoms with van der Waals surface area (Å²) in [6, 6.07) is 1.60. The molecule has 0 fully saturated rings. The third kappa shape index (κ3) is 2.50. The number of hydrogen-bond donors (Lipinski definition) is 0. The Morgan fingerprint density at radius 1 is 1.47 bits per heavy atom. The molecule has 0 spiro atoms. The van der Waals surface area contributed by atoms with Crippen LogP contribution < -0.4 is 0 Å². The highest BCUT2D eigenvalue weighted by Gasteiger charge is 2.12. The smallest absolute Gasteiger partial charge is 0.310 e. The first-order chi connectivity index (χ1) is 7.08. The molecule has 1 aromatic rings. The first kappa shape index (κ1) is 11.1. The second kappa shape index (κ2) is 4.51. The van der Waals surface area contributed by atoms with Crippen LogP contribution in [0.25, 0.3) is 4.85 Å². The molecule has 0 radical (unpaired) electrons. The fourth-order valence-electron chi connectivity index (χ4n) is 1.03. The molecule has 0 aliphatic heterocycles. The molecular weight excluding hydrogens is 204 g/mol. The van der Waals surface area contributed by atoms with Crippen molar-refractivity contribution in [2.75, 3.05) is 7.11 Å². The Kier molecular flexibility index (Phi) is 3.34. The number of nitrogens with zero attached hydrogens (tertiary/aromatic N) is 1. The molecule has 0 aromatic heterocycles. The molecule has 0 unspecified atom stereocenters. The molecule has 0 saturated carbocycles. The maximum atomic E-state index is 13.2. The number of esters is 1. The fraction of sp³-hybridized carbons (Fsp3) is 0.200. The molecule has 0 aliphatic carbocycles. The van der Waals surface area contributed by atoms with E-state index in [9.17, 15) is 13.6 Å². The van der Waals surface area contributed by atoms with Gasteiger partial charge in [0.1, 0.15) is 11.6 Å². The van der Waals surface area contributed by atoms with Crippen LogP contribution >= 0.6 is 0 Å². The van der Waals surface area contributed by atoms with Gasteiger partial charge in [0.15, 0.2) is 0 Å². The molecule has 0 heterocycles. The van der Waals surface area contributed by atoms with Crippen molar-refractivity contribution < 1.29 is 18.3 Å². The van der Waals surface area contributed by atoms with Gasteiger partial charge in [-0.1, -0.05) is 0 Å². The van der Waals surface area contributed by atoms with Crippen molar-refractivity contribution in [1.82, 2.24) is 0 Å². The Balaban J connectivity index is 3.06. The number of carbonyl (C=O) groups is 1. The molecule has 78 valence electrons. The van der Waals surface area contributed by atoms with Crippen molar-refractivity contribution in [3.05, 3.63) is 40.7 Å². The minimum atomic E-state index is -0.842. The summed E-state index contributed by atoms with van der Waals surface area (Å²) in [5.74, 6) is -2.29. The van der Waals surface area contributed by atoms with Gasteiger partial charge in [0, 0.05) is 0 Å². The summed E-state index contributed by atoms with van der Waals surface area (Å²) in [5, 5.41) is 0. The zero-order valence-electron chi connectivity index (χ0n) is 7.88. The standard InChI is InChI=1S/C10H7F2NO2/c1-13-9-5-7(11)6(3-8(9)12)4-10(14)15-2/h3,5H,4H2,2H3. The summed E-state index contributed by atoms with van der Waals surface area (Å²) in [7, 11) is 1.16. The SMILES string of the molecule is [C-]#[N+]c1cc(F)c(CC(=O)OC)cc1F. The molecule has 1 rings (SSSR count). The van der Waals surface area contributed by atoms with Crippen LogP contribution in [0.4, 0.5) is 14.5 Å². The van der Waals surface area contributed by atoms with E-state index in [1.54, 1.807) is 0 Å². The lowest BCUT2D eigenvalue weighted by Crippen LogP contribution is -2.06. The number of rotatable bonds is 2. The molecule has 0 atom stereocenters. The Morgan fingerprint density at radius 2 is 2.13 bits per heavy atom. The summed E-state index contributed by atoms with van der Waals surface area (Å²) < 4.78 is 30.6. The van der Waals surface area contributed by atoms with Crippen molar-refractivity contribution in [1.29, 1.82) is 0 Å². The number of methoxy groups -OCH3 is 1. The average Bonchev–Trinajstić information content (AvgIpc) is 2.22. The van der Waals surface area contributed by atoms with Gasteiger partial charge in [-0.15, -0.1) is 0 Å². The highest BCUT2D eigenvalue weighted by Crippen LogP contribution is 2.22. The van der Waals surface area contributed by atoms with Crippen molar-refractivity contribution in [3.8, 4) is 0 Å². The normalized spacial score (nSPS) is 9.47. The third-order valence-electron chi connectivity index (χ3n) is 1.80. The maximum absolute atomic E-state index is 13.2. The largest absolute Gasteiger partial charge is 0.469 e. The van der Waals surface area contributed by atoms with Crippen molar-refractivity contribution in [2.45, 2.75) is 6.42 Å². The Morgan fingerprint density at radius 3 is 2.67 bits per heavy atom. The van der Waals surface area contributed by atoms with E-state index < -0.39 is 23.3 Å². The van der Waals surface area contributed by atoms with Gasteiger partial charge in [0.05, 0.1) is 20.1 Å². The molecule has 1 aromatic carbocycles. The fourth-order valence-corrected chi connectivity index (χ4v) is 1.03. The monoisotopic (exact) mass is 211 g/mol. The molecule has 0 aliphatic rings. The van der Waals surface area contributed by atoms with Gasteiger partial charge >= 0.3 is 5.97 Å². The van der Waals surface area contributed by atoms with E-state index in [1.165, 1.54) is 0 Å². The molecule has 0 amide bonds. The lowest BCUT2D eigenvalue weighted by Gasteiger charge is -2.03. The van der Waals surface area contributed by atoms with E-state index in [4.69, 9.17) is 6.57 Å². The highest BCUT2D eigenvalue weighted by molar-refractivity contribution is 5.72. The van der Waals surface area contributed by atoms with Crippen LogP contribution in [0, 0.1) is 18.2 Å². The van der Waals surface area contributed by atoms with Gasteiger partial charge < -0.3 is 4.74 Å². The van der Waals surface area contributed by atoms with Crippen LogP contribution in [0.5, 0.6) is 0 Å². The van der Waals surface area contributed by atoms with Crippen LogP contribution in [-0.2, 0) is 16.0 Å². The van der Waals surface area contributed by atoms with Crippen LogP contribution in [-0.4, -0.2) is 13.1 Å². The van der Waals surface area contributed by atoms with Gasteiger partial charge in [-0.2, -0.15) is 0 Å². The highest BCUT2D eigenvalue weighted by atomic mass is 19.1. The second-order valence-corrected chi connectivity index (χ2v) is 2.76. The zero-order chi connectivity index (χ0) is 11.4. The minimum Gasteiger partial charge on any atom is -0.469 e. The van der Waals surface area contributed by atoms with E-state index in [-0.39, 0.29) is 12.0 Å². The van der Waals surface area contributed by atoms with Crippen LogP contribution in [0.2, 0.25) is 0 Å². The van der Waals surface area contributed by atoms with Gasteiger partial charge in [-0.05, 0) is 17.7 Å². The van der Waals surface area contributed by atoms with Crippen molar-refractivity contribution >= 4 is 11.7 Å². The summed E-state index contributed by atoms with van der Waals surface area (Å²) in [6.45, 7) is 6.56. The van der Waals surface area contributed by atoms with E-state index in [0.29, 0.717) is 0 Å². The Bertz CT molecular complexity index is 438. The molecule has 15 heavy (non-hydrogen) atoms. The van der Waals surface area contributed by atoms with Crippen molar-refractivity contribution in [2.24, 2.45) is 0 Å². The second-order valence-electron chi connectivity index (χ2n) is 2.76. The third-order valence-corrected chi connectivity index (χ3v) is 1.80. The molecule has 0 N–H and O–H groups in total. The zero-order valence-corrected chi connectivity index (χ0v) is 7.88. The van der Waals surface area contributed by atoms with Crippen molar-refractivity contribution in [3.63, 3.8) is 0 Å². The van der Waals surface area contributed by atoms with Crippen LogP contribution in [0.15, 0.2) is 12.1 Å². The molecule has 3 nitrogen and oxygen atoms in total. The van der Waals surface area contributed by atoms with Gasteiger partial charge in [-0.25, -0.2) is 13.6 Å². The van der Waals surface area contributed by atoms with E-state index >= 15 is 0 Å². The summed E-state index contributed by atoms with van der Waals surface area (Å²) in [5.41, 5.74) is -0.520. The number of halogens is 2. The number of hydrogen-bond acceptors (Lipinski definition) is 2. The maximum Gasteiger partial charge on any atom is 0.310 e. The van der Waals surface area contributed by atoms with Gasteiger partial charge in [0.2, 0.25) is 5.69 Å². The molecule has 5 heteroatoms. The predicted molar refractivity (Wildman–Crippen MR) is 48.3 cm³/mol. The average molecular weight is 211 g/mol. The number of carbonyl (C=O) groups excluding carboxylic acids is 1. The van der Waals surface area contributed by atoms with Gasteiger partial charge in [-0.3, -0.25) is 4.79 Å². The molecular formula is C10H7F2NO2. The van der Waals surface area contributed by atoms with Gasteiger partial charge in [0.25, 0.3) is 0 Å². The van der Waals surface area contributed by atoms with Crippen LogP contribution in [0.1, 0.15) is 5.56 Å². The van der Waals surface area contributed by atoms with E-state index in [2.05, 4.69) is 9.58 Å². The Hall–Kier alpha value is -1.96. The first-order valence-corrected chi connectivity index (χ1v) is 4.00. The number of benzene rings is 1.